The summed E-state index contributed by atoms with van der Waals surface area (Å²) < 4.78 is 1.05. The number of benzene rings is 1. The van der Waals surface area contributed by atoms with E-state index in [1.54, 1.807) is 0 Å². The summed E-state index contributed by atoms with van der Waals surface area (Å²) in [5.41, 5.74) is 3.60. The van der Waals surface area contributed by atoms with Gasteiger partial charge in [0.2, 0.25) is 0 Å². The van der Waals surface area contributed by atoms with Crippen molar-refractivity contribution in [3.8, 4) is 0 Å². The monoisotopic (exact) mass is 304 g/mol. The molecule has 1 aromatic heterocycles. The fraction of sp³-hybridized carbons (Fsp3) is 0.267. The van der Waals surface area contributed by atoms with E-state index in [-0.39, 0.29) is 0 Å². The first-order chi connectivity index (χ1) is 8.56. The smallest absolute Gasteiger partial charge is 0.128 e. The largest absolute Gasteiger partial charge is 0.355 e. The molecule has 0 N–H and O–H groups in total. The molecule has 0 aliphatic heterocycles. The highest BCUT2D eigenvalue weighted by atomic mass is 79.9. The molecule has 2 rings (SSSR count). The second-order valence-corrected chi connectivity index (χ2v) is 5.43. The van der Waals surface area contributed by atoms with Crippen molar-refractivity contribution >= 4 is 21.7 Å². The van der Waals surface area contributed by atoms with Crippen LogP contribution in [0.15, 0.2) is 40.9 Å². The van der Waals surface area contributed by atoms with Crippen LogP contribution in [-0.2, 0) is 6.54 Å². The van der Waals surface area contributed by atoms with E-state index in [0.29, 0.717) is 0 Å². The molecule has 1 heterocycles. The Bertz CT molecular complexity index is 535. The molecule has 1 aromatic carbocycles. The van der Waals surface area contributed by atoms with Gasteiger partial charge in [0.1, 0.15) is 5.82 Å². The Morgan fingerprint density at radius 3 is 2.33 bits per heavy atom. The summed E-state index contributed by atoms with van der Waals surface area (Å²) in [7, 11) is 2.07. The van der Waals surface area contributed by atoms with Gasteiger partial charge >= 0.3 is 0 Å². The average Bonchev–Trinajstić information content (AvgIpc) is 2.35. The van der Waals surface area contributed by atoms with Gasteiger partial charge in [-0.2, -0.15) is 0 Å². The second kappa shape index (κ2) is 5.53. The molecule has 0 aliphatic rings. The maximum absolute atomic E-state index is 4.57. The van der Waals surface area contributed by atoms with E-state index in [4.69, 9.17) is 0 Å². The van der Waals surface area contributed by atoms with Crippen LogP contribution < -0.4 is 4.90 Å². The molecule has 0 radical (unpaired) electrons. The zero-order valence-corrected chi connectivity index (χ0v) is 12.5. The zero-order valence-electron chi connectivity index (χ0n) is 10.9. The number of rotatable bonds is 3. The number of pyridine rings is 1. The Kier molecular flexibility index (Phi) is 4.02. The molecule has 94 valence electrons. The van der Waals surface area contributed by atoms with Crippen LogP contribution in [0, 0.1) is 13.8 Å². The maximum atomic E-state index is 4.57. The maximum Gasteiger partial charge on any atom is 0.128 e. The van der Waals surface area contributed by atoms with Crippen LogP contribution in [0.2, 0.25) is 0 Å². The van der Waals surface area contributed by atoms with Gasteiger partial charge in [0.05, 0.1) is 5.69 Å². The van der Waals surface area contributed by atoms with E-state index in [2.05, 4.69) is 64.1 Å². The molecule has 3 heteroatoms. The van der Waals surface area contributed by atoms with Crippen LogP contribution >= 0.6 is 15.9 Å². The minimum absolute atomic E-state index is 0.869. The topological polar surface area (TPSA) is 16.1 Å². The number of aromatic nitrogens is 1. The molecule has 0 amide bonds. The fourth-order valence-electron chi connectivity index (χ4n) is 1.79. The van der Waals surface area contributed by atoms with Crippen molar-refractivity contribution in [1.82, 2.24) is 4.98 Å². The van der Waals surface area contributed by atoms with Gasteiger partial charge in [0, 0.05) is 18.1 Å². The van der Waals surface area contributed by atoms with Gasteiger partial charge in [-0.05, 0) is 47.5 Å². The summed E-state index contributed by atoms with van der Waals surface area (Å²) in [4.78, 5) is 6.72. The molecule has 0 spiro atoms. The Morgan fingerprint density at radius 1 is 1.06 bits per heavy atom. The van der Waals surface area contributed by atoms with E-state index >= 15 is 0 Å². The standard InChI is InChI=1S/C15H17BrN2/c1-11-4-6-13(7-5-11)10-18(3)15-9-8-14(16)12(2)17-15/h4-9H,10H2,1-3H3. The SMILES string of the molecule is Cc1ccc(CN(C)c2ccc(Br)c(C)n2)cc1. The predicted molar refractivity (Wildman–Crippen MR) is 80.0 cm³/mol. The predicted octanol–water partition coefficient (Wildman–Crippen LogP) is 4.10. The molecule has 0 saturated carbocycles. The quantitative estimate of drug-likeness (QED) is 0.849. The Hall–Kier alpha value is -1.35. The summed E-state index contributed by atoms with van der Waals surface area (Å²) in [6.45, 7) is 4.98. The number of hydrogen-bond acceptors (Lipinski definition) is 2. The number of anilines is 1. The Morgan fingerprint density at radius 2 is 1.72 bits per heavy atom. The number of nitrogens with zero attached hydrogens (tertiary/aromatic N) is 2. The first kappa shape index (κ1) is 13.1. The van der Waals surface area contributed by atoms with Gasteiger partial charge in [0.15, 0.2) is 0 Å². The van der Waals surface area contributed by atoms with Gasteiger partial charge < -0.3 is 4.90 Å². The molecule has 0 atom stereocenters. The molecule has 0 aliphatic carbocycles. The molecule has 0 fully saturated rings. The molecular weight excluding hydrogens is 288 g/mol. The average molecular weight is 305 g/mol. The van der Waals surface area contributed by atoms with Crippen molar-refractivity contribution in [3.63, 3.8) is 0 Å². The van der Waals surface area contributed by atoms with Crippen molar-refractivity contribution in [3.05, 3.63) is 57.7 Å². The van der Waals surface area contributed by atoms with E-state index in [9.17, 15) is 0 Å². The number of aryl methyl sites for hydroxylation is 2. The van der Waals surface area contributed by atoms with Crippen LogP contribution in [-0.4, -0.2) is 12.0 Å². The van der Waals surface area contributed by atoms with E-state index in [1.807, 2.05) is 19.1 Å². The third-order valence-corrected chi connectivity index (χ3v) is 3.78. The van der Waals surface area contributed by atoms with Gasteiger partial charge in [-0.1, -0.05) is 29.8 Å². The lowest BCUT2D eigenvalue weighted by molar-refractivity contribution is 0.890. The van der Waals surface area contributed by atoms with Crippen LogP contribution in [0.3, 0.4) is 0 Å². The third kappa shape index (κ3) is 3.10. The van der Waals surface area contributed by atoms with Crippen molar-refractivity contribution < 1.29 is 0 Å². The number of halogens is 1. The lowest BCUT2D eigenvalue weighted by atomic mass is 10.1. The lowest BCUT2D eigenvalue weighted by Gasteiger charge is -2.19. The first-order valence-electron chi connectivity index (χ1n) is 5.96. The van der Waals surface area contributed by atoms with Gasteiger partial charge in [0.25, 0.3) is 0 Å². The summed E-state index contributed by atoms with van der Waals surface area (Å²) in [5, 5.41) is 0. The minimum Gasteiger partial charge on any atom is -0.355 e. The molecule has 0 unspecified atom stereocenters. The molecule has 2 nitrogen and oxygen atoms in total. The van der Waals surface area contributed by atoms with E-state index < -0.39 is 0 Å². The van der Waals surface area contributed by atoms with Crippen LogP contribution in [0.5, 0.6) is 0 Å². The van der Waals surface area contributed by atoms with E-state index in [1.165, 1.54) is 11.1 Å². The third-order valence-electron chi connectivity index (χ3n) is 2.94. The Balaban J connectivity index is 2.13. The second-order valence-electron chi connectivity index (χ2n) is 4.58. The summed E-state index contributed by atoms with van der Waals surface area (Å²) >= 11 is 3.47. The highest BCUT2D eigenvalue weighted by Crippen LogP contribution is 2.19. The zero-order chi connectivity index (χ0) is 13.1. The van der Waals surface area contributed by atoms with Crippen LogP contribution in [0.4, 0.5) is 5.82 Å². The molecule has 0 saturated heterocycles. The lowest BCUT2D eigenvalue weighted by Crippen LogP contribution is -2.17. The van der Waals surface area contributed by atoms with Crippen molar-refractivity contribution in [1.29, 1.82) is 0 Å². The summed E-state index contributed by atoms with van der Waals surface area (Å²) in [5.74, 6) is 0.997. The molecular formula is C15H17BrN2. The van der Waals surface area contributed by atoms with Crippen LogP contribution in [0.25, 0.3) is 0 Å². The van der Waals surface area contributed by atoms with E-state index in [0.717, 1.165) is 22.5 Å². The minimum atomic E-state index is 0.869. The summed E-state index contributed by atoms with van der Waals surface area (Å²) in [6, 6.07) is 12.7. The molecule has 18 heavy (non-hydrogen) atoms. The number of hydrogen-bond donors (Lipinski definition) is 0. The van der Waals surface area contributed by atoms with Crippen molar-refractivity contribution in [2.24, 2.45) is 0 Å². The van der Waals surface area contributed by atoms with Crippen molar-refractivity contribution in [2.75, 3.05) is 11.9 Å². The molecule has 2 aromatic rings. The fourth-order valence-corrected chi connectivity index (χ4v) is 2.01. The summed E-state index contributed by atoms with van der Waals surface area (Å²) in [6.07, 6.45) is 0. The normalized spacial score (nSPS) is 10.4. The van der Waals surface area contributed by atoms with Crippen LogP contribution in [0.1, 0.15) is 16.8 Å². The van der Waals surface area contributed by atoms with Gasteiger partial charge in [-0.25, -0.2) is 4.98 Å². The highest BCUT2D eigenvalue weighted by molar-refractivity contribution is 9.10. The van der Waals surface area contributed by atoms with Crippen molar-refractivity contribution in [2.45, 2.75) is 20.4 Å². The van der Waals surface area contributed by atoms with Gasteiger partial charge in [-0.15, -0.1) is 0 Å². The Labute approximate surface area is 117 Å². The molecule has 0 bridgehead atoms. The first-order valence-corrected chi connectivity index (χ1v) is 6.75. The highest BCUT2D eigenvalue weighted by Gasteiger charge is 2.05. The van der Waals surface area contributed by atoms with Gasteiger partial charge in [-0.3, -0.25) is 0 Å².